The Kier molecular flexibility index (Phi) is 4.08. The fraction of sp³-hybridized carbons (Fsp3) is 0.333. The number of primary amides is 1. The van der Waals surface area contributed by atoms with Crippen LogP contribution in [0.4, 0.5) is 0 Å². The fourth-order valence-corrected chi connectivity index (χ4v) is 1.65. The number of amides is 2. The molecule has 4 N–H and O–H groups in total. The average Bonchev–Trinajstić information content (AvgIpc) is 2.53. The number of aromatic nitrogens is 1. The standard InChI is InChI=1S/C9H12BrN3O3/c1-13-4-5(10)2-6(13)9(16)12-3-7(14)8(11)15/h2,4,7,14H,3H2,1H3,(H2,11,15)(H,12,16). The third kappa shape index (κ3) is 3.07. The monoisotopic (exact) mass is 289 g/mol. The number of nitrogens with one attached hydrogen (secondary N) is 1. The highest BCUT2D eigenvalue weighted by Crippen LogP contribution is 2.13. The van der Waals surface area contributed by atoms with E-state index < -0.39 is 12.0 Å². The van der Waals surface area contributed by atoms with Gasteiger partial charge in [-0.1, -0.05) is 0 Å². The molecule has 0 saturated carbocycles. The number of rotatable bonds is 4. The van der Waals surface area contributed by atoms with Crippen LogP contribution in [0.2, 0.25) is 0 Å². The Balaban J connectivity index is 2.60. The van der Waals surface area contributed by atoms with Crippen LogP contribution in [0.3, 0.4) is 0 Å². The zero-order valence-corrected chi connectivity index (χ0v) is 10.2. The molecule has 16 heavy (non-hydrogen) atoms. The molecule has 1 rings (SSSR count). The summed E-state index contributed by atoms with van der Waals surface area (Å²) in [5.41, 5.74) is 5.26. The maximum Gasteiger partial charge on any atom is 0.268 e. The van der Waals surface area contributed by atoms with Gasteiger partial charge in [0.05, 0.1) is 6.54 Å². The highest BCUT2D eigenvalue weighted by molar-refractivity contribution is 9.10. The Bertz CT molecular complexity index is 416. The van der Waals surface area contributed by atoms with E-state index in [1.54, 1.807) is 23.9 Å². The number of aliphatic hydroxyl groups excluding tert-OH is 1. The van der Waals surface area contributed by atoms with Crippen molar-refractivity contribution in [3.8, 4) is 0 Å². The molecular weight excluding hydrogens is 278 g/mol. The largest absolute Gasteiger partial charge is 0.381 e. The van der Waals surface area contributed by atoms with Crippen LogP contribution in [0.1, 0.15) is 10.5 Å². The number of hydrogen-bond acceptors (Lipinski definition) is 3. The second-order valence-electron chi connectivity index (χ2n) is 3.28. The van der Waals surface area contributed by atoms with Crippen LogP contribution in [0, 0.1) is 0 Å². The second-order valence-corrected chi connectivity index (χ2v) is 4.20. The van der Waals surface area contributed by atoms with Crippen molar-refractivity contribution in [2.75, 3.05) is 6.54 Å². The minimum Gasteiger partial charge on any atom is -0.381 e. The maximum atomic E-state index is 11.6. The number of halogens is 1. The van der Waals surface area contributed by atoms with Gasteiger partial charge < -0.3 is 20.7 Å². The van der Waals surface area contributed by atoms with E-state index in [0.29, 0.717) is 5.69 Å². The predicted octanol–water partition coefficient (Wildman–Crippen LogP) is -0.636. The molecule has 1 unspecified atom stereocenters. The molecule has 1 aromatic heterocycles. The highest BCUT2D eigenvalue weighted by Gasteiger charge is 2.15. The second kappa shape index (κ2) is 5.13. The van der Waals surface area contributed by atoms with Crippen molar-refractivity contribution in [2.45, 2.75) is 6.10 Å². The minimum atomic E-state index is -1.37. The van der Waals surface area contributed by atoms with Gasteiger partial charge in [-0.15, -0.1) is 0 Å². The van der Waals surface area contributed by atoms with E-state index >= 15 is 0 Å². The van der Waals surface area contributed by atoms with Crippen molar-refractivity contribution in [3.63, 3.8) is 0 Å². The first-order valence-corrected chi connectivity index (χ1v) is 5.28. The summed E-state index contributed by atoms with van der Waals surface area (Å²) in [6.45, 7) is -0.197. The van der Waals surface area contributed by atoms with Gasteiger partial charge in [0.15, 0.2) is 0 Å². The molecule has 1 heterocycles. The molecule has 0 aliphatic heterocycles. The van der Waals surface area contributed by atoms with E-state index in [1.807, 2.05) is 0 Å². The van der Waals surface area contributed by atoms with Crippen molar-refractivity contribution in [1.29, 1.82) is 0 Å². The molecule has 0 aromatic carbocycles. The van der Waals surface area contributed by atoms with Crippen LogP contribution in [0.15, 0.2) is 16.7 Å². The summed E-state index contributed by atoms with van der Waals surface area (Å²) in [7, 11) is 1.71. The number of carbonyl (C=O) groups is 2. The lowest BCUT2D eigenvalue weighted by Crippen LogP contribution is -2.40. The fourth-order valence-electron chi connectivity index (χ4n) is 1.13. The molecule has 7 heteroatoms. The van der Waals surface area contributed by atoms with E-state index in [1.165, 1.54) is 0 Å². The minimum absolute atomic E-state index is 0.197. The molecule has 0 bridgehead atoms. The van der Waals surface area contributed by atoms with Gasteiger partial charge in [0.1, 0.15) is 11.8 Å². The van der Waals surface area contributed by atoms with Crippen LogP contribution in [-0.4, -0.2) is 34.1 Å². The van der Waals surface area contributed by atoms with Crippen molar-refractivity contribution in [1.82, 2.24) is 9.88 Å². The molecule has 88 valence electrons. The van der Waals surface area contributed by atoms with E-state index in [0.717, 1.165) is 4.47 Å². The number of hydrogen-bond donors (Lipinski definition) is 3. The average molecular weight is 290 g/mol. The SMILES string of the molecule is Cn1cc(Br)cc1C(=O)NCC(O)C(N)=O. The van der Waals surface area contributed by atoms with Gasteiger partial charge in [-0.25, -0.2) is 0 Å². The first-order chi connectivity index (χ1) is 7.41. The summed E-state index contributed by atoms with van der Waals surface area (Å²) in [5, 5.41) is 11.5. The summed E-state index contributed by atoms with van der Waals surface area (Å²) in [4.78, 5) is 22.1. The van der Waals surface area contributed by atoms with Crippen molar-refractivity contribution < 1.29 is 14.7 Å². The first-order valence-electron chi connectivity index (χ1n) is 4.49. The highest BCUT2D eigenvalue weighted by atomic mass is 79.9. The van der Waals surface area contributed by atoms with E-state index in [9.17, 15) is 9.59 Å². The van der Waals surface area contributed by atoms with Crippen LogP contribution in [-0.2, 0) is 11.8 Å². The summed E-state index contributed by atoms with van der Waals surface area (Å²) in [6.07, 6.45) is 0.354. The molecule has 1 atom stereocenters. The number of carbonyl (C=O) groups excluding carboxylic acids is 2. The molecule has 0 aliphatic rings. The molecule has 0 radical (unpaired) electrons. The van der Waals surface area contributed by atoms with E-state index in [2.05, 4.69) is 21.2 Å². The van der Waals surface area contributed by atoms with Crippen LogP contribution in [0.5, 0.6) is 0 Å². The normalized spacial score (nSPS) is 12.2. The van der Waals surface area contributed by atoms with Crippen LogP contribution in [0.25, 0.3) is 0 Å². The van der Waals surface area contributed by atoms with Gasteiger partial charge in [-0.2, -0.15) is 0 Å². The van der Waals surface area contributed by atoms with Gasteiger partial charge in [-0.05, 0) is 22.0 Å². The zero-order valence-electron chi connectivity index (χ0n) is 8.61. The summed E-state index contributed by atoms with van der Waals surface area (Å²) in [6, 6.07) is 1.63. The Morgan fingerprint density at radius 2 is 2.31 bits per heavy atom. The summed E-state index contributed by atoms with van der Waals surface area (Å²) >= 11 is 3.23. The molecule has 2 amide bonds. The molecule has 1 aromatic rings. The van der Waals surface area contributed by atoms with Gasteiger partial charge in [-0.3, -0.25) is 9.59 Å². The van der Waals surface area contributed by atoms with Crippen LogP contribution >= 0.6 is 15.9 Å². The Hall–Kier alpha value is -1.34. The zero-order chi connectivity index (χ0) is 12.3. The molecular formula is C9H12BrN3O3. The van der Waals surface area contributed by atoms with Gasteiger partial charge in [0.25, 0.3) is 5.91 Å². The molecule has 0 saturated heterocycles. The Morgan fingerprint density at radius 3 is 2.75 bits per heavy atom. The first kappa shape index (κ1) is 12.7. The van der Waals surface area contributed by atoms with E-state index in [4.69, 9.17) is 10.8 Å². The van der Waals surface area contributed by atoms with Crippen molar-refractivity contribution >= 4 is 27.7 Å². The summed E-state index contributed by atoms with van der Waals surface area (Å²) < 4.78 is 2.39. The number of aryl methyl sites for hydroxylation is 1. The maximum absolute atomic E-state index is 11.6. The lowest BCUT2D eigenvalue weighted by atomic mass is 10.3. The smallest absolute Gasteiger partial charge is 0.268 e. The predicted molar refractivity (Wildman–Crippen MR) is 60.6 cm³/mol. The van der Waals surface area contributed by atoms with Gasteiger partial charge >= 0.3 is 0 Å². The van der Waals surface area contributed by atoms with Crippen LogP contribution < -0.4 is 11.1 Å². The number of aliphatic hydroxyl groups is 1. The van der Waals surface area contributed by atoms with Gasteiger partial charge in [0.2, 0.25) is 5.91 Å². The quantitative estimate of drug-likeness (QED) is 0.688. The third-order valence-electron chi connectivity index (χ3n) is 1.99. The lowest BCUT2D eigenvalue weighted by molar-refractivity contribution is -0.125. The van der Waals surface area contributed by atoms with E-state index in [-0.39, 0.29) is 12.5 Å². The molecule has 6 nitrogen and oxygen atoms in total. The molecule has 0 aliphatic carbocycles. The molecule has 0 spiro atoms. The summed E-state index contributed by atoms with van der Waals surface area (Å²) in [5.74, 6) is -1.25. The van der Waals surface area contributed by atoms with Crippen molar-refractivity contribution in [3.05, 3.63) is 22.4 Å². The number of nitrogens with two attached hydrogens (primary N) is 1. The Morgan fingerprint density at radius 1 is 1.69 bits per heavy atom. The topological polar surface area (TPSA) is 97.3 Å². The lowest BCUT2D eigenvalue weighted by Gasteiger charge is -2.08. The molecule has 0 fully saturated rings. The number of nitrogens with zero attached hydrogens (tertiary/aromatic N) is 1. The third-order valence-corrected chi connectivity index (χ3v) is 2.42. The Labute approximate surface area is 101 Å². The van der Waals surface area contributed by atoms with Gasteiger partial charge in [0, 0.05) is 17.7 Å². The van der Waals surface area contributed by atoms with Crippen molar-refractivity contribution in [2.24, 2.45) is 12.8 Å².